The predicted molar refractivity (Wildman–Crippen MR) is 55.5 cm³/mol. The van der Waals surface area contributed by atoms with Gasteiger partial charge in [-0.2, -0.15) is 0 Å². The van der Waals surface area contributed by atoms with Gasteiger partial charge in [-0.3, -0.25) is 0 Å². The highest BCUT2D eigenvalue weighted by Crippen LogP contribution is 2.32. The van der Waals surface area contributed by atoms with Crippen LogP contribution in [0.4, 0.5) is 0 Å². The Morgan fingerprint density at radius 1 is 1.50 bits per heavy atom. The first kappa shape index (κ1) is 9.97. The van der Waals surface area contributed by atoms with Gasteiger partial charge in [0.05, 0.1) is 6.61 Å². The molecule has 76 valence electrons. The molecule has 1 aromatic carbocycles. The Bertz CT molecular complexity index is 343. The van der Waals surface area contributed by atoms with Crippen molar-refractivity contribution in [2.24, 2.45) is 0 Å². The van der Waals surface area contributed by atoms with Gasteiger partial charge in [-0.15, -0.1) is 0 Å². The number of aryl methyl sites for hydroxylation is 1. The quantitative estimate of drug-likeness (QED) is 0.774. The summed E-state index contributed by atoms with van der Waals surface area (Å²) in [6.07, 6.45) is 0.661. The van der Waals surface area contributed by atoms with Crippen LogP contribution in [-0.2, 0) is 10.3 Å². The first-order valence-corrected chi connectivity index (χ1v) is 5.06. The summed E-state index contributed by atoms with van der Waals surface area (Å²) in [4.78, 5) is 0. The normalized spacial score (nSPS) is 26.8. The van der Waals surface area contributed by atoms with Gasteiger partial charge in [0.2, 0.25) is 0 Å². The highest BCUT2D eigenvalue weighted by Gasteiger charge is 2.34. The molecule has 1 aromatic rings. The van der Waals surface area contributed by atoms with E-state index in [9.17, 15) is 5.11 Å². The van der Waals surface area contributed by atoms with Crippen LogP contribution < -0.4 is 0 Å². The van der Waals surface area contributed by atoms with Gasteiger partial charge in [0, 0.05) is 18.1 Å². The number of aliphatic hydroxyl groups is 1. The van der Waals surface area contributed by atoms with Gasteiger partial charge in [0.15, 0.2) is 0 Å². The Kier molecular flexibility index (Phi) is 2.52. The molecular weight excluding hydrogens is 200 g/mol. The minimum Gasteiger partial charge on any atom is -0.383 e. The van der Waals surface area contributed by atoms with Crippen LogP contribution in [0.1, 0.15) is 17.5 Å². The third-order valence-corrected chi connectivity index (χ3v) is 3.12. The molecule has 14 heavy (non-hydrogen) atoms. The monoisotopic (exact) mass is 212 g/mol. The summed E-state index contributed by atoms with van der Waals surface area (Å²) in [5, 5.41) is 10.9. The number of halogens is 1. The fraction of sp³-hybridized carbons (Fsp3) is 0.455. The summed E-state index contributed by atoms with van der Waals surface area (Å²) in [6.45, 7) is 2.94. The molecule has 0 aliphatic carbocycles. The molecular formula is C11H13ClO2. The first-order chi connectivity index (χ1) is 6.62. The molecule has 0 radical (unpaired) electrons. The number of ether oxygens (including phenoxy) is 1. The molecule has 3 heteroatoms. The number of rotatable bonds is 1. The van der Waals surface area contributed by atoms with E-state index in [4.69, 9.17) is 16.3 Å². The van der Waals surface area contributed by atoms with Crippen molar-refractivity contribution < 1.29 is 9.84 Å². The molecule has 2 rings (SSSR count). The van der Waals surface area contributed by atoms with E-state index in [0.717, 1.165) is 16.1 Å². The number of hydrogen-bond donors (Lipinski definition) is 1. The molecule has 0 amide bonds. The van der Waals surface area contributed by atoms with Gasteiger partial charge in [-0.1, -0.05) is 23.7 Å². The van der Waals surface area contributed by atoms with Crippen LogP contribution in [-0.4, -0.2) is 18.3 Å². The van der Waals surface area contributed by atoms with Crippen LogP contribution in [0, 0.1) is 6.92 Å². The maximum Gasteiger partial charge on any atom is 0.115 e. The lowest BCUT2D eigenvalue weighted by Gasteiger charge is -2.21. The Labute approximate surface area is 88.5 Å². The van der Waals surface area contributed by atoms with Gasteiger partial charge in [-0.25, -0.2) is 0 Å². The lowest BCUT2D eigenvalue weighted by Crippen LogP contribution is -2.25. The largest absolute Gasteiger partial charge is 0.383 e. The Balaban J connectivity index is 2.36. The number of benzene rings is 1. The summed E-state index contributed by atoms with van der Waals surface area (Å²) in [7, 11) is 0. The lowest BCUT2D eigenvalue weighted by molar-refractivity contribution is 0.0231. The Hall–Kier alpha value is -0.570. The van der Waals surface area contributed by atoms with Crippen molar-refractivity contribution in [1.82, 2.24) is 0 Å². The zero-order valence-electron chi connectivity index (χ0n) is 8.09. The number of hydrogen-bond acceptors (Lipinski definition) is 2. The molecule has 0 aromatic heterocycles. The summed E-state index contributed by atoms with van der Waals surface area (Å²) in [5.41, 5.74) is 1.08. The molecule has 1 heterocycles. The Morgan fingerprint density at radius 3 is 2.86 bits per heavy atom. The third kappa shape index (κ3) is 1.65. The summed E-state index contributed by atoms with van der Waals surface area (Å²) in [5.74, 6) is 0. The van der Waals surface area contributed by atoms with Crippen LogP contribution in [0.3, 0.4) is 0 Å². The van der Waals surface area contributed by atoms with Gasteiger partial charge >= 0.3 is 0 Å². The van der Waals surface area contributed by atoms with Crippen molar-refractivity contribution in [2.45, 2.75) is 18.9 Å². The van der Waals surface area contributed by atoms with Crippen molar-refractivity contribution in [3.8, 4) is 0 Å². The van der Waals surface area contributed by atoms with Crippen molar-refractivity contribution in [1.29, 1.82) is 0 Å². The summed E-state index contributed by atoms with van der Waals surface area (Å²) < 4.78 is 5.20. The average Bonchev–Trinajstić information content (AvgIpc) is 2.58. The molecule has 0 bridgehead atoms. The maximum atomic E-state index is 10.2. The predicted octanol–water partition coefficient (Wildman–Crippen LogP) is 2.26. The van der Waals surface area contributed by atoms with Crippen molar-refractivity contribution in [3.63, 3.8) is 0 Å². The molecule has 1 aliphatic rings. The van der Waals surface area contributed by atoms with Crippen LogP contribution in [0.2, 0.25) is 5.02 Å². The molecule has 2 nitrogen and oxygen atoms in total. The standard InChI is InChI=1S/C11H13ClO2/c1-8-6-9(2-3-10(8)12)11(13)4-5-14-7-11/h2-3,6,13H,4-5,7H2,1H3. The molecule has 1 atom stereocenters. The summed E-state index contributed by atoms with van der Waals surface area (Å²) in [6, 6.07) is 5.61. The zero-order valence-corrected chi connectivity index (χ0v) is 8.84. The first-order valence-electron chi connectivity index (χ1n) is 4.69. The van der Waals surface area contributed by atoms with Crippen LogP contribution in [0.15, 0.2) is 18.2 Å². The van der Waals surface area contributed by atoms with E-state index in [0.29, 0.717) is 19.6 Å². The second-order valence-corrected chi connectivity index (χ2v) is 4.21. The van der Waals surface area contributed by atoms with E-state index in [1.807, 2.05) is 25.1 Å². The second-order valence-electron chi connectivity index (χ2n) is 3.80. The molecule has 1 unspecified atom stereocenters. The fourth-order valence-corrected chi connectivity index (χ4v) is 1.83. The molecule has 1 saturated heterocycles. The van der Waals surface area contributed by atoms with E-state index < -0.39 is 5.60 Å². The minimum atomic E-state index is -0.810. The molecule has 1 fully saturated rings. The molecule has 1 aliphatic heterocycles. The van der Waals surface area contributed by atoms with E-state index in [1.54, 1.807) is 0 Å². The van der Waals surface area contributed by atoms with Crippen molar-refractivity contribution in [2.75, 3.05) is 13.2 Å². The summed E-state index contributed by atoms with van der Waals surface area (Å²) >= 11 is 5.92. The highest BCUT2D eigenvalue weighted by atomic mass is 35.5. The van der Waals surface area contributed by atoms with Gasteiger partial charge in [-0.05, 0) is 24.1 Å². The van der Waals surface area contributed by atoms with E-state index in [-0.39, 0.29) is 0 Å². The topological polar surface area (TPSA) is 29.5 Å². The molecule has 1 N–H and O–H groups in total. The zero-order chi connectivity index (χ0) is 10.2. The van der Waals surface area contributed by atoms with Crippen molar-refractivity contribution in [3.05, 3.63) is 34.3 Å². The lowest BCUT2D eigenvalue weighted by atomic mass is 9.92. The van der Waals surface area contributed by atoms with Crippen LogP contribution in [0.25, 0.3) is 0 Å². The van der Waals surface area contributed by atoms with E-state index in [1.165, 1.54) is 0 Å². The van der Waals surface area contributed by atoms with Crippen LogP contribution >= 0.6 is 11.6 Å². The van der Waals surface area contributed by atoms with Crippen molar-refractivity contribution >= 4 is 11.6 Å². The van der Waals surface area contributed by atoms with Gasteiger partial charge in [0.25, 0.3) is 0 Å². The van der Waals surface area contributed by atoms with E-state index >= 15 is 0 Å². The van der Waals surface area contributed by atoms with E-state index in [2.05, 4.69) is 0 Å². The molecule has 0 saturated carbocycles. The maximum absolute atomic E-state index is 10.2. The highest BCUT2D eigenvalue weighted by molar-refractivity contribution is 6.31. The third-order valence-electron chi connectivity index (χ3n) is 2.70. The Morgan fingerprint density at radius 2 is 2.29 bits per heavy atom. The second kappa shape index (κ2) is 3.54. The minimum absolute atomic E-state index is 0.383. The van der Waals surface area contributed by atoms with Gasteiger partial charge in [0.1, 0.15) is 5.60 Å². The van der Waals surface area contributed by atoms with Crippen LogP contribution in [0.5, 0.6) is 0 Å². The SMILES string of the molecule is Cc1cc(C2(O)CCOC2)ccc1Cl. The average molecular weight is 213 g/mol. The smallest absolute Gasteiger partial charge is 0.115 e. The molecule has 0 spiro atoms. The fourth-order valence-electron chi connectivity index (χ4n) is 1.72. The van der Waals surface area contributed by atoms with Gasteiger partial charge < -0.3 is 9.84 Å².